The van der Waals surface area contributed by atoms with Crippen LogP contribution in [0, 0.1) is 0 Å². The molecule has 1 amide bonds. The van der Waals surface area contributed by atoms with Crippen LogP contribution in [0.25, 0.3) is 0 Å². The molecule has 0 aromatic carbocycles. The first-order valence-electron chi connectivity index (χ1n) is 48.0. The molecule has 117 heavy (non-hydrogen) atoms. The zero-order valence-electron chi connectivity index (χ0n) is 73.7. The van der Waals surface area contributed by atoms with Crippen molar-refractivity contribution < 1.29 is 89.4 Å². The van der Waals surface area contributed by atoms with E-state index in [4.69, 9.17) is 28.4 Å². The van der Waals surface area contributed by atoms with Gasteiger partial charge in [-0.1, -0.05) is 394 Å². The van der Waals surface area contributed by atoms with Gasteiger partial charge in [-0.15, -0.1) is 0 Å². The smallest absolute Gasteiger partial charge is 0.220 e. The van der Waals surface area contributed by atoms with Crippen LogP contribution in [0.1, 0.15) is 386 Å². The average Bonchev–Trinajstić information content (AvgIpc) is 0.778. The number of ether oxygens (including phenoxy) is 6. The molecule has 12 N–H and O–H groups in total. The van der Waals surface area contributed by atoms with Gasteiger partial charge in [0.2, 0.25) is 5.91 Å². The summed E-state index contributed by atoms with van der Waals surface area (Å²) in [5, 5.41) is 121. The Morgan fingerprint density at radius 3 is 0.957 bits per heavy atom. The Balaban J connectivity index is 1.30. The molecule has 3 aliphatic rings. The number of aliphatic hydroxyl groups excluding tert-OH is 11. The van der Waals surface area contributed by atoms with Crippen molar-refractivity contribution in [3.8, 4) is 0 Å². The molecule has 3 aliphatic heterocycles. The third kappa shape index (κ3) is 54.2. The van der Waals surface area contributed by atoms with Gasteiger partial charge in [-0.05, 0) is 83.5 Å². The van der Waals surface area contributed by atoms with Crippen molar-refractivity contribution in [2.45, 2.75) is 491 Å². The number of carbonyl (C=O) groups excluding carboxylic acids is 1. The predicted octanol–water partition coefficient (Wildman–Crippen LogP) is 19.4. The number of amides is 1. The summed E-state index contributed by atoms with van der Waals surface area (Å²) in [6, 6.07) is -0.995. The van der Waals surface area contributed by atoms with Gasteiger partial charge in [0.15, 0.2) is 18.9 Å². The number of carbonyl (C=O) groups is 1. The summed E-state index contributed by atoms with van der Waals surface area (Å²) >= 11 is 0. The van der Waals surface area contributed by atoms with Gasteiger partial charge in [0.25, 0.3) is 0 Å². The third-order valence-electron chi connectivity index (χ3n) is 23.4. The van der Waals surface area contributed by atoms with Crippen molar-refractivity contribution in [2.24, 2.45) is 0 Å². The highest BCUT2D eigenvalue weighted by molar-refractivity contribution is 5.76. The molecular weight excluding hydrogens is 1480 g/mol. The van der Waals surface area contributed by atoms with E-state index in [1.54, 1.807) is 6.08 Å². The minimum atomic E-state index is -1.98. The largest absolute Gasteiger partial charge is 0.394 e. The maximum Gasteiger partial charge on any atom is 0.220 e. The topological polar surface area (TPSA) is 307 Å². The molecule has 17 atom stereocenters. The van der Waals surface area contributed by atoms with Gasteiger partial charge >= 0.3 is 0 Å². The van der Waals surface area contributed by atoms with Crippen LogP contribution in [0.4, 0.5) is 0 Å². The fourth-order valence-corrected chi connectivity index (χ4v) is 15.8. The van der Waals surface area contributed by atoms with Gasteiger partial charge in [0, 0.05) is 6.42 Å². The molecule has 19 nitrogen and oxygen atoms in total. The van der Waals surface area contributed by atoms with Crippen LogP contribution < -0.4 is 5.32 Å². The van der Waals surface area contributed by atoms with Crippen LogP contribution in [-0.2, 0) is 33.2 Å². The molecule has 0 aliphatic carbocycles. The molecule has 0 bridgehead atoms. The van der Waals surface area contributed by atoms with E-state index in [0.717, 1.165) is 77.0 Å². The maximum atomic E-state index is 13.5. The Labute approximate surface area is 711 Å². The van der Waals surface area contributed by atoms with Crippen molar-refractivity contribution in [3.05, 3.63) is 97.2 Å². The summed E-state index contributed by atoms with van der Waals surface area (Å²) in [6.07, 6.45) is 80.1. The lowest BCUT2D eigenvalue weighted by Gasteiger charge is -2.48. The second-order valence-corrected chi connectivity index (χ2v) is 33.8. The number of rotatable bonds is 78. The number of allylic oxidation sites excluding steroid dienone is 15. The van der Waals surface area contributed by atoms with E-state index in [1.807, 2.05) is 6.08 Å². The summed E-state index contributed by atoms with van der Waals surface area (Å²) in [5.41, 5.74) is 0. The van der Waals surface area contributed by atoms with E-state index < -0.39 is 124 Å². The first kappa shape index (κ1) is 108. The van der Waals surface area contributed by atoms with E-state index in [1.165, 1.54) is 276 Å². The maximum absolute atomic E-state index is 13.5. The number of aliphatic hydroxyl groups is 11. The standard InChI is InChI=1S/C98H175NO18/c1-3-5-7-9-11-13-15-17-19-21-23-25-27-29-31-33-35-36-37-38-39-40-41-42-43-44-46-48-50-52-54-56-58-60-62-64-66-68-70-72-74-76-86(104)99-81(82(103)75-73-71-69-67-65-63-61-59-57-55-53-51-49-47-45-34-32-30-28-26-24-22-20-18-16-14-12-10-8-6-4-2)80-112-96-92(110)89(107)94(84(78-101)114-96)117-98-93(111)90(108)95(85(79-102)115-98)116-97-91(109)88(106)87(105)83(77-100)113-97/h5,7,11,13,17,19,23,25,29,31,35-36,65,67,73,75,81-85,87-98,100-103,105-111H,3-4,6,8-10,12,14-16,18,20-22,24,26-28,30,32-34,37-64,66,68-72,74,76-80H2,1-2H3,(H,99,104)/b7-5-,13-11-,19-17-,25-23-,31-29-,36-35-,67-65+,75-73+. The van der Waals surface area contributed by atoms with Gasteiger partial charge in [-0.3, -0.25) is 4.79 Å². The molecule has 19 heteroatoms. The molecule has 0 aromatic rings. The number of nitrogens with one attached hydrogen (secondary N) is 1. The lowest BCUT2D eigenvalue weighted by molar-refractivity contribution is -0.379. The van der Waals surface area contributed by atoms with E-state index in [0.29, 0.717) is 12.8 Å². The molecule has 0 saturated carbocycles. The number of hydrogen-bond donors (Lipinski definition) is 12. The van der Waals surface area contributed by atoms with Gasteiger partial charge in [0.05, 0.1) is 38.6 Å². The zero-order valence-corrected chi connectivity index (χ0v) is 73.7. The molecule has 3 heterocycles. The molecule has 3 saturated heterocycles. The van der Waals surface area contributed by atoms with Crippen molar-refractivity contribution in [1.82, 2.24) is 5.32 Å². The Bertz CT molecular complexity index is 2490. The van der Waals surface area contributed by atoms with Gasteiger partial charge < -0.3 is 89.9 Å². The molecule has 0 radical (unpaired) electrons. The van der Waals surface area contributed by atoms with Crippen molar-refractivity contribution in [3.63, 3.8) is 0 Å². The highest BCUT2D eigenvalue weighted by Gasteiger charge is 2.54. The lowest BCUT2D eigenvalue weighted by Crippen LogP contribution is -2.66. The van der Waals surface area contributed by atoms with Crippen LogP contribution >= 0.6 is 0 Å². The zero-order chi connectivity index (χ0) is 84.5. The molecule has 0 aromatic heterocycles. The van der Waals surface area contributed by atoms with Crippen LogP contribution in [-0.4, -0.2) is 193 Å². The Kier molecular flexibility index (Phi) is 70.4. The van der Waals surface area contributed by atoms with E-state index in [9.17, 15) is 61.0 Å². The van der Waals surface area contributed by atoms with Crippen molar-refractivity contribution in [1.29, 1.82) is 0 Å². The fraction of sp³-hybridized carbons (Fsp3) is 0.827. The molecule has 680 valence electrons. The van der Waals surface area contributed by atoms with Crippen molar-refractivity contribution in [2.75, 3.05) is 26.4 Å². The molecular formula is C98H175NO18. The van der Waals surface area contributed by atoms with Crippen LogP contribution in [0.15, 0.2) is 97.2 Å². The predicted molar refractivity (Wildman–Crippen MR) is 475 cm³/mol. The molecule has 3 rings (SSSR count). The fourth-order valence-electron chi connectivity index (χ4n) is 15.8. The van der Waals surface area contributed by atoms with E-state index in [-0.39, 0.29) is 18.9 Å². The Morgan fingerprint density at radius 1 is 0.316 bits per heavy atom. The van der Waals surface area contributed by atoms with Gasteiger partial charge in [-0.2, -0.15) is 0 Å². The SMILES string of the molecule is CC/C=C\C/C=C\C/C=C\C/C=C\C/C=C\C/C=C\CCCCCCCCCCCCCCCCCCCCCCCCC(=O)NC(COC1OC(CO)C(OC2OC(CO)C(OC3OC(CO)C(O)C(O)C3O)C(O)C2O)C(O)C1O)C(O)/C=C/CC/C=C/CCCCCCCCCCCCCCCCCCCCCCCCCCC. The average molecular weight is 1660 g/mol. The van der Waals surface area contributed by atoms with E-state index in [2.05, 4.69) is 104 Å². The summed E-state index contributed by atoms with van der Waals surface area (Å²) in [6.45, 7) is 1.66. The summed E-state index contributed by atoms with van der Waals surface area (Å²) in [7, 11) is 0. The molecule has 0 spiro atoms. The molecule has 3 fully saturated rings. The number of unbranched alkanes of at least 4 members (excludes halogenated alkanes) is 48. The van der Waals surface area contributed by atoms with Gasteiger partial charge in [-0.25, -0.2) is 0 Å². The Hall–Kier alpha value is -3.29. The number of hydrogen-bond acceptors (Lipinski definition) is 18. The first-order valence-corrected chi connectivity index (χ1v) is 48.0. The van der Waals surface area contributed by atoms with Gasteiger partial charge in [0.1, 0.15) is 73.2 Å². The highest BCUT2D eigenvalue weighted by atomic mass is 16.8. The van der Waals surface area contributed by atoms with Crippen molar-refractivity contribution >= 4 is 5.91 Å². The van der Waals surface area contributed by atoms with Crippen LogP contribution in [0.5, 0.6) is 0 Å². The molecule has 17 unspecified atom stereocenters. The normalized spacial score (nSPS) is 24.8. The minimum Gasteiger partial charge on any atom is -0.394 e. The third-order valence-corrected chi connectivity index (χ3v) is 23.4. The highest BCUT2D eigenvalue weighted by Crippen LogP contribution is 2.34. The Morgan fingerprint density at radius 2 is 0.598 bits per heavy atom. The quantitative estimate of drug-likeness (QED) is 0.0199. The second-order valence-electron chi connectivity index (χ2n) is 33.8. The lowest BCUT2D eigenvalue weighted by atomic mass is 9.96. The summed E-state index contributed by atoms with van der Waals surface area (Å²) in [5.74, 6) is -0.280. The first-order chi connectivity index (χ1) is 57.3. The summed E-state index contributed by atoms with van der Waals surface area (Å²) in [4.78, 5) is 13.5. The van der Waals surface area contributed by atoms with E-state index >= 15 is 0 Å². The second kappa shape index (κ2) is 76.4. The van der Waals surface area contributed by atoms with Crippen LogP contribution in [0.3, 0.4) is 0 Å². The summed E-state index contributed by atoms with van der Waals surface area (Å²) < 4.78 is 34.5. The monoisotopic (exact) mass is 1650 g/mol. The van der Waals surface area contributed by atoms with Crippen LogP contribution in [0.2, 0.25) is 0 Å². The minimum absolute atomic E-state index is 0.236.